The smallest absolute Gasteiger partial charge is 0.423 e. The van der Waals surface area contributed by atoms with E-state index in [0.29, 0.717) is 24.3 Å². The minimum Gasteiger partial charge on any atom is -0.508 e. The Morgan fingerprint density at radius 2 is 0.940 bits per heavy atom. The molecular formula is C40H47O9P. The molecule has 0 radical (unpaired) electrons. The van der Waals surface area contributed by atoms with E-state index in [1.807, 2.05) is 104 Å². The Hall–Kier alpha value is -4.75. The first kappa shape index (κ1) is 38.1. The minimum absolute atomic E-state index is 0.195. The topological polar surface area (TPSA) is 129 Å². The van der Waals surface area contributed by atoms with Crippen LogP contribution in [0.15, 0.2) is 60.7 Å². The molecule has 2 N–H and O–H groups in total. The lowest BCUT2D eigenvalue weighted by Crippen LogP contribution is -2.15. The van der Waals surface area contributed by atoms with Crippen molar-refractivity contribution in [2.75, 3.05) is 13.2 Å². The summed E-state index contributed by atoms with van der Waals surface area (Å²) in [7, 11) is -3.48. The molecule has 0 atom stereocenters. The molecule has 50 heavy (non-hydrogen) atoms. The van der Waals surface area contributed by atoms with Gasteiger partial charge < -0.3 is 28.7 Å². The molecule has 0 heterocycles. The summed E-state index contributed by atoms with van der Waals surface area (Å²) in [6.07, 6.45) is 1.34. The maximum absolute atomic E-state index is 12.3. The van der Waals surface area contributed by atoms with Crippen molar-refractivity contribution in [3.05, 3.63) is 116 Å². The van der Waals surface area contributed by atoms with E-state index in [0.717, 1.165) is 55.6 Å². The predicted molar refractivity (Wildman–Crippen MR) is 194 cm³/mol. The highest BCUT2D eigenvalue weighted by atomic mass is 31.1. The van der Waals surface area contributed by atoms with Crippen molar-refractivity contribution in [3.8, 4) is 23.0 Å². The van der Waals surface area contributed by atoms with Crippen LogP contribution < -0.4 is 9.47 Å². The van der Waals surface area contributed by atoms with E-state index in [1.54, 1.807) is 12.1 Å². The average Bonchev–Trinajstić information content (AvgIpc) is 3.03. The first-order valence-electron chi connectivity index (χ1n) is 16.7. The first-order valence-corrected chi connectivity index (χ1v) is 17.9. The fraction of sp³-hybridized carbons (Fsp3) is 0.350. The molecule has 266 valence electrons. The van der Waals surface area contributed by atoms with Gasteiger partial charge in [-0.3, -0.25) is 0 Å². The number of rotatable bonds is 14. The summed E-state index contributed by atoms with van der Waals surface area (Å²) in [6, 6.07) is 18.5. The lowest BCUT2D eigenvalue weighted by Gasteiger charge is -2.15. The fourth-order valence-corrected chi connectivity index (χ4v) is 6.47. The molecule has 9 nitrogen and oxygen atoms in total. The standard InChI is InChI=1S/C40H47O9P/c1-23(2)33-17-29(9-11-37(33)41)19-35-25(5)13-31(14-26(35)6)46-21-39(43)48-50(45)49-40(44)22-47-32-15-27(7)36(28(8)16-32)20-30-10-12-38(42)34(18-30)24(3)4/h9-18,23-24,41-42,50H,19-22H2,1-8H3. The van der Waals surface area contributed by atoms with Gasteiger partial charge in [-0.25, -0.2) is 14.2 Å². The number of ether oxygens (including phenoxy) is 2. The molecule has 0 saturated carbocycles. The van der Waals surface area contributed by atoms with Crippen LogP contribution in [-0.2, 0) is 36.0 Å². The zero-order chi connectivity index (χ0) is 36.7. The quantitative estimate of drug-likeness (QED) is 0.124. The number of aromatic hydroxyl groups is 2. The van der Waals surface area contributed by atoms with Crippen LogP contribution in [0.2, 0.25) is 0 Å². The van der Waals surface area contributed by atoms with Gasteiger partial charge in [0.25, 0.3) is 0 Å². The minimum atomic E-state index is -3.48. The summed E-state index contributed by atoms with van der Waals surface area (Å²) in [5, 5.41) is 20.3. The van der Waals surface area contributed by atoms with E-state index in [2.05, 4.69) is 0 Å². The van der Waals surface area contributed by atoms with Crippen LogP contribution in [0.25, 0.3) is 0 Å². The van der Waals surface area contributed by atoms with Crippen molar-refractivity contribution >= 4 is 20.2 Å². The van der Waals surface area contributed by atoms with Crippen LogP contribution in [-0.4, -0.2) is 35.4 Å². The summed E-state index contributed by atoms with van der Waals surface area (Å²) in [4.78, 5) is 24.6. The monoisotopic (exact) mass is 702 g/mol. The van der Waals surface area contributed by atoms with Gasteiger partial charge in [0.15, 0.2) is 13.2 Å². The largest absolute Gasteiger partial charge is 0.508 e. The third kappa shape index (κ3) is 10.1. The number of hydrogen-bond acceptors (Lipinski definition) is 9. The Kier molecular flexibility index (Phi) is 12.8. The molecular weight excluding hydrogens is 655 g/mol. The molecule has 4 rings (SSSR count). The Balaban J connectivity index is 1.25. The molecule has 0 aliphatic carbocycles. The molecule has 0 unspecified atom stereocenters. The van der Waals surface area contributed by atoms with Crippen molar-refractivity contribution in [2.24, 2.45) is 0 Å². The van der Waals surface area contributed by atoms with Gasteiger partial charge in [-0.15, -0.1) is 0 Å². The lowest BCUT2D eigenvalue weighted by atomic mass is 9.93. The fourth-order valence-electron chi connectivity index (χ4n) is 5.94. The van der Waals surface area contributed by atoms with E-state index < -0.39 is 33.4 Å². The van der Waals surface area contributed by atoms with Crippen LogP contribution in [0.4, 0.5) is 0 Å². The third-order valence-electron chi connectivity index (χ3n) is 8.64. The van der Waals surface area contributed by atoms with E-state index in [1.165, 1.54) is 0 Å². The summed E-state index contributed by atoms with van der Waals surface area (Å²) < 4.78 is 33.0. The summed E-state index contributed by atoms with van der Waals surface area (Å²) in [5.74, 6) is -0.0334. The molecule has 0 fully saturated rings. The van der Waals surface area contributed by atoms with Crippen molar-refractivity contribution in [2.45, 2.75) is 80.1 Å². The van der Waals surface area contributed by atoms with Gasteiger partial charge in [0.2, 0.25) is 0 Å². The number of aryl methyl sites for hydroxylation is 4. The number of hydrogen-bond donors (Lipinski definition) is 2. The molecule has 0 aromatic heterocycles. The van der Waals surface area contributed by atoms with Crippen LogP contribution in [0.3, 0.4) is 0 Å². The number of benzene rings is 4. The molecule has 0 amide bonds. The molecule has 0 bridgehead atoms. The predicted octanol–water partition coefficient (Wildman–Crippen LogP) is 8.69. The Morgan fingerprint density at radius 1 is 0.600 bits per heavy atom. The number of phenols is 2. The summed E-state index contributed by atoms with van der Waals surface area (Å²) in [5.41, 5.74) is 10.0. The van der Waals surface area contributed by atoms with E-state index >= 15 is 0 Å². The molecule has 0 aliphatic heterocycles. The van der Waals surface area contributed by atoms with Gasteiger partial charge in [-0.1, -0.05) is 52.0 Å². The first-order chi connectivity index (χ1) is 23.6. The molecule has 4 aromatic carbocycles. The van der Waals surface area contributed by atoms with Gasteiger partial charge in [0, 0.05) is 0 Å². The third-order valence-corrected chi connectivity index (χ3v) is 9.43. The highest BCUT2D eigenvalue weighted by Gasteiger charge is 2.17. The van der Waals surface area contributed by atoms with Gasteiger partial charge in [-0.2, -0.15) is 0 Å². The van der Waals surface area contributed by atoms with Crippen molar-refractivity contribution in [3.63, 3.8) is 0 Å². The zero-order valence-corrected chi connectivity index (χ0v) is 31.0. The van der Waals surface area contributed by atoms with Crippen LogP contribution in [0.5, 0.6) is 23.0 Å². The Bertz CT molecular complexity index is 1710. The van der Waals surface area contributed by atoms with Gasteiger partial charge in [0.1, 0.15) is 23.0 Å². The maximum Gasteiger partial charge on any atom is 0.423 e. The number of carbonyl (C=O) groups excluding carboxylic acids is 2. The van der Waals surface area contributed by atoms with Crippen molar-refractivity contribution in [1.29, 1.82) is 0 Å². The summed E-state index contributed by atoms with van der Waals surface area (Å²) >= 11 is 0. The maximum atomic E-state index is 12.3. The van der Waals surface area contributed by atoms with Gasteiger partial charge in [-0.05, 0) is 144 Å². The average molecular weight is 703 g/mol. The second kappa shape index (κ2) is 16.8. The Labute approximate surface area is 295 Å². The van der Waals surface area contributed by atoms with Crippen LogP contribution >= 0.6 is 8.25 Å². The molecule has 0 spiro atoms. The molecule has 0 aliphatic rings. The summed E-state index contributed by atoms with van der Waals surface area (Å²) in [6.45, 7) is 14.9. The Morgan fingerprint density at radius 3 is 1.26 bits per heavy atom. The highest BCUT2D eigenvalue weighted by Crippen LogP contribution is 2.32. The number of phenolic OH excluding ortho intramolecular Hbond substituents is 2. The SMILES string of the molecule is Cc1cc(OCC(=O)O[PH](=O)OC(=O)COc2cc(C)c(Cc3ccc(O)c(C(C)C)c3)c(C)c2)cc(C)c1Cc1ccc(O)c(C(C)C)c1. The lowest BCUT2D eigenvalue weighted by molar-refractivity contribution is -0.140. The van der Waals surface area contributed by atoms with Gasteiger partial charge in [0.05, 0.1) is 0 Å². The van der Waals surface area contributed by atoms with Crippen LogP contribution in [0, 0.1) is 27.7 Å². The molecule has 0 saturated heterocycles. The van der Waals surface area contributed by atoms with Crippen molar-refractivity contribution in [1.82, 2.24) is 0 Å². The molecule has 4 aromatic rings. The van der Waals surface area contributed by atoms with Gasteiger partial charge >= 0.3 is 20.2 Å². The number of carbonyl (C=O) groups is 2. The van der Waals surface area contributed by atoms with E-state index in [9.17, 15) is 24.4 Å². The van der Waals surface area contributed by atoms with Crippen molar-refractivity contribution < 1.29 is 42.9 Å². The van der Waals surface area contributed by atoms with E-state index in [-0.39, 0.29) is 23.3 Å². The second-order valence-corrected chi connectivity index (χ2v) is 14.2. The normalized spacial score (nSPS) is 11.3. The highest BCUT2D eigenvalue weighted by molar-refractivity contribution is 7.34. The molecule has 10 heteroatoms. The van der Waals surface area contributed by atoms with Crippen LogP contribution in [0.1, 0.15) is 95.2 Å². The van der Waals surface area contributed by atoms with E-state index in [4.69, 9.17) is 18.5 Å². The zero-order valence-electron chi connectivity index (χ0n) is 30.0. The second-order valence-electron chi connectivity index (χ2n) is 13.3.